The minimum absolute atomic E-state index is 0.0663. The van der Waals surface area contributed by atoms with E-state index >= 15 is 0 Å². The molecule has 0 aromatic heterocycles. The predicted molar refractivity (Wildman–Crippen MR) is 256 cm³/mol. The third-order valence-corrected chi connectivity index (χ3v) is 12.0. The fourth-order valence-electron chi connectivity index (χ4n) is 7.97. The molecule has 354 valence electrons. The summed E-state index contributed by atoms with van der Waals surface area (Å²) >= 11 is 0. The van der Waals surface area contributed by atoms with Crippen molar-refractivity contribution >= 4 is 17.9 Å². The Labute approximate surface area is 373 Å². The van der Waals surface area contributed by atoms with E-state index < -0.39 is 6.10 Å². The van der Waals surface area contributed by atoms with Gasteiger partial charge >= 0.3 is 17.9 Å². The quantitative estimate of drug-likeness (QED) is 0.0263. The van der Waals surface area contributed by atoms with Gasteiger partial charge in [-0.1, -0.05) is 245 Å². The predicted octanol–water partition coefficient (Wildman–Crippen LogP) is 17.4. The summed E-state index contributed by atoms with van der Waals surface area (Å²) in [4.78, 5) is 37.9. The number of esters is 3. The van der Waals surface area contributed by atoms with Gasteiger partial charge in [-0.3, -0.25) is 14.4 Å². The van der Waals surface area contributed by atoms with Crippen LogP contribution in [0.3, 0.4) is 0 Å². The Morgan fingerprint density at radius 3 is 0.833 bits per heavy atom. The summed E-state index contributed by atoms with van der Waals surface area (Å²) in [6.07, 6.45) is 54.8. The van der Waals surface area contributed by atoms with Gasteiger partial charge in [0.1, 0.15) is 13.2 Å². The van der Waals surface area contributed by atoms with Gasteiger partial charge in [0.15, 0.2) is 6.10 Å². The highest BCUT2D eigenvalue weighted by molar-refractivity contribution is 5.71. The van der Waals surface area contributed by atoms with Crippen molar-refractivity contribution < 1.29 is 28.6 Å². The molecule has 0 fully saturated rings. The van der Waals surface area contributed by atoms with Crippen LogP contribution in [0.1, 0.15) is 297 Å². The number of hydrogen-bond acceptors (Lipinski definition) is 6. The van der Waals surface area contributed by atoms with Crippen LogP contribution in [0.4, 0.5) is 0 Å². The van der Waals surface area contributed by atoms with Crippen LogP contribution in [0, 0.1) is 0 Å². The first-order chi connectivity index (χ1) is 29.5. The van der Waals surface area contributed by atoms with E-state index in [1.807, 2.05) is 0 Å². The minimum Gasteiger partial charge on any atom is -0.462 e. The molecule has 0 radical (unpaired) electrons. The van der Waals surface area contributed by atoms with Crippen molar-refractivity contribution in [3.8, 4) is 0 Å². The third-order valence-electron chi connectivity index (χ3n) is 12.0. The molecule has 0 rings (SSSR count). The van der Waals surface area contributed by atoms with Crippen LogP contribution in [0.25, 0.3) is 0 Å². The molecule has 1 atom stereocenters. The molecule has 60 heavy (non-hydrogen) atoms. The normalized spacial score (nSPS) is 12.0. The third kappa shape index (κ3) is 47.2. The molecule has 0 aromatic carbocycles. The van der Waals surface area contributed by atoms with E-state index in [1.54, 1.807) is 0 Å². The molecular formula is C54H102O6. The van der Waals surface area contributed by atoms with Gasteiger partial charge in [0.2, 0.25) is 0 Å². The Kier molecular flexibility index (Phi) is 48.3. The van der Waals surface area contributed by atoms with Crippen molar-refractivity contribution in [2.45, 2.75) is 303 Å². The average Bonchev–Trinajstić information content (AvgIpc) is 3.24. The molecule has 0 aliphatic heterocycles. The molecular weight excluding hydrogens is 745 g/mol. The van der Waals surface area contributed by atoms with Gasteiger partial charge in [-0.2, -0.15) is 0 Å². The Balaban J connectivity index is 4.26. The van der Waals surface area contributed by atoms with E-state index in [4.69, 9.17) is 14.2 Å². The molecule has 0 aliphatic carbocycles. The highest BCUT2D eigenvalue weighted by Gasteiger charge is 2.19. The van der Waals surface area contributed by atoms with E-state index in [-0.39, 0.29) is 31.1 Å². The molecule has 0 heterocycles. The molecule has 0 aliphatic rings. The summed E-state index contributed by atoms with van der Waals surface area (Å²) in [6.45, 7) is 6.65. The highest BCUT2D eigenvalue weighted by atomic mass is 16.6. The summed E-state index contributed by atoms with van der Waals surface area (Å²) in [7, 11) is 0. The molecule has 0 spiro atoms. The molecule has 6 nitrogen and oxygen atoms in total. The van der Waals surface area contributed by atoms with Crippen LogP contribution in [0.5, 0.6) is 0 Å². The van der Waals surface area contributed by atoms with Gasteiger partial charge in [-0.05, 0) is 44.9 Å². The maximum atomic E-state index is 12.8. The average molecular weight is 847 g/mol. The zero-order valence-electron chi connectivity index (χ0n) is 40.5. The molecule has 1 unspecified atom stereocenters. The lowest BCUT2D eigenvalue weighted by Crippen LogP contribution is -2.30. The van der Waals surface area contributed by atoms with Gasteiger partial charge < -0.3 is 14.2 Å². The zero-order valence-corrected chi connectivity index (χ0v) is 40.5. The Bertz CT molecular complexity index is 931. The standard InChI is InChI=1S/C54H102O6/c1-4-7-10-13-16-19-21-23-25-26-27-29-30-32-35-38-41-44-47-53(56)59-50-51(49-58-52(55)46-43-40-37-34-18-15-12-9-6-3)60-54(57)48-45-42-39-36-33-31-28-24-22-20-17-14-11-8-5-2/h25-26,51H,4-24,27-50H2,1-3H3/b26-25-. The van der Waals surface area contributed by atoms with Crippen molar-refractivity contribution in [2.24, 2.45) is 0 Å². The SMILES string of the molecule is CCCCCCCCC/C=C\CCCCCCCCCC(=O)OCC(COC(=O)CCCCCCCCCCC)OC(=O)CCCCCCCCCCCCCCCCC. The highest BCUT2D eigenvalue weighted by Crippen LogP contribution is 2.16. The summed E-state index contributed by atoms with van der Waals surface area (Å²) in [5.41, 5.74) is 0. The lowest BCUT2D eigenvalue weighted by atomic mass is 10.0. The number of carbonyl (C=O) groups excluding carboxylic acids is 3. The first-order valence-corrected chi connectivity index (χ1v) is 26.7. The topological polar surface area (TPSA) is 78.9 Å². The van der Waals surface area contributed by atoms with Crippen LogP contribution in [-0.4, -0.2) is 37.2 Å². The zero-order chi connectivity index (χ0) is 43.7. The molecule has 0 N–H and O–H groups in total. The lowest BCUT2D eigenvalue weighted by molar-refractivity contribution is -0.167. The van der Waals surface area contributed by atoms with Crippen molar-refractivity contribution in [1.82, 2.24) is 0 Å². The second-order valence-corrected chi connectivity index (χ2v) is 18.2. The van der Waals surface area contributed by atoms with E-state index in [2.05, 4.69) is 32.9 Å². The van der Waals surface area contributed by atoms with Crippen molar-refractivity contribution in [3.05, 3.63) is 12.2 Å². The Morgan fingerprint density at radius 1 is 0.317 bits per heavy atom. The van der Waals surface area contributed by atoms with Gasteiger partial charge in [0, 0.05) is 19.3 Å². The van der Waals surface area contributed by atoms with Crippen molar-refractivity contribution in [3.63, 3.8) is 0 Å². The molecule has 0 saturated heterocycles. The summed E-state index contributed by atoms with van der Waals surface area (Å²) in [5, 5.41) is 0. The smallest absolute Gasteiger partial charge is 0.306 e. The molecule has 0 amide bonds. The number of unbranched alkanes of at least 4 members (excludes halogenated alkanes) is 36. The van der Waals surface area contributed by atoms with Gasteiger partial charge in [-0.15, -0.1) is 0 Å². The van der Waals surface area contributed by atoms with Crippen LogP contribution in [-0.2, 0) is 28.6 Å². The lowest BCUT2D eigenvalue weighted by Gasteiger charge is -2.18. The van der Waals surface area contributed by atoms with Crippen LogP contribution in [0.2, 0.25) is 0 Å². The Hall–Kier alpha value is -1.85. The summed E-state index contributed by atoms with van der Waals surface area (Å²) in [5.74, 6) is -0.856. The first kappa shape index (κ1) is 58.1. The Morgan fingerprint density at radius 2 is 0.550 bits per heavy atom. The molecule has 6 heteroatoms. The van der Waals surface area contributed by atoms with Crippen molar-refractivity contribution in [1.29, 1.82) is 0 Å². The maximum Gasteiger partial charge on any atom is 0.306 e. The van der Waals surface area contributed by atoms with Crippen molar-refractivity contribution in [2.75, 3.05) is 13.2 Å². The number of allylic oxidation sites excluding steroid dienone is 2. The molecule has 0 bridgehead atoms. The summed E-state index contributed by atoms with van der Waals surface area (Å²) < 4.78 is 16.8. The van der Waals surface area contributed by atoms with Gasteiger partial charge in [0.05, 0.1) is 0 Å². The second-order valence-electron chi connectivity index (χ2n) is 18.2. The first-order valence-electron chi connectivity index (χ1n) is 26.7. The second kappa shape index (κ2) is 49.8. The fourth-order valence-corrected chi connectivity index (χ4v) is 7.97. The molecule has 0 saturated carbocycles. The number of carbonyl (C=O) groups is 3. The van der Waals surface area contributed by atoms with E-state index in [0.717, 1.165) is 57.8 Å². The van der Waals surface area contributed by atoms with Crippen LogP contribution >= 0.6 is 0 Å². The van der Waals surface area contributed by atoms with E-state index in [0.29, 0.717) is 19.3 Å². The number of rotatable bonds is 49. The van der Waals surface area contributed by atoms with E-state index in [1.165, 1.54) is 199 Å². The van der Waals surface area contributed by atoms with Gasteiger partial charge in [-0.25, -0.2) is 0 Å². The summed E-state index contributed by atoms with van der Waals surface area (Å²) in [6, 6.07) is 0. The van der Waals surface area contributed by atoms with Crippen LogP contribution < -0.4 is 0 Å². The number of ether oxygens (including phenoxy) is 3. The largest absolute Gasteiger partial charge is 0.462 e. The number of hydrogen-bond donors (Lipinski definition) is 0. The maximum absolute atomic E-state index is 12.8. The monoisotopic (exact) mass is 847 g/mol. The van der Waals surface area contributed by atoms with Gasteiger partial charge in [0.25, 0.3) is 0 Å². The van der Waals surface area contributed by atoms with Crippen LogP contribution in [0.15, 0.2) is 12.2 Å². The van der Waals surface area contributed by atoms with E-state index in [9.17, 15) is 14.4 Å². The fraction of sp³-hybridized carbons (Fsp3) is 0.907. The minimum atomic E-state index is -0.764. The molecule has 0 aromatic rings.